The highest BCUT2D eigenvalue weighted by molar-refractivity contribution is 5.68. The maximum Gasteiger partial charge on any atom is 0.434 e. The topological polar surface area (TPSA) is 116 Å². The molecule has 0 unspecified atom stereocenters. The van der Waals surface area contributed by atoms with E-state index in [4.69, 9.17) is 18.9 Å². The van der Waals surface area contributed by atoms with Gasteiger partial charge in [-0.05, 0) is 60.3 Å². The molecule has 214 valence electrons. The number of alkyl carbamates (subject to hydrolysis) is 1. The molecule has 10 nitrogen and oxygen atoms in total. The van der Waals surface area contributed by atoms with Crippen LogP contribution in [0.4, 0.5) is 23.8 Å². The van der Waals surface area contributed by atoms with E-state index in [1.165, 1.54) is 6.20 Å². The summed E-state index contributed by atoms with van der Waals surface area (Å²) in [6.07, 6.45) is -0.766. The molecule has 0 radical (unpaired) electrons. The monoisotopic (exact) mass is 545 g/mol. The van der Waals surface area contributed by atoms with E-state index < -0.39 is 47.6 Å². The number of alkyl halides is 3. The van der Waals surface area contributed by atoms with Crippen molar-refractivity contribution in [2.75, 3.05) is 18.5 Å². The number of amides is 1. The van der Waals surface area contributed by atoms with Gasteiger partial charge >= 0.3 is 12.3 Å². The van der Waals surface area contributed by atoms with Crippen LogP contribution in [0.5, 0.6) is 0 Å². The molecule has 4 rings (SSSR count). The van der Waals surface area contributed by atoms with Crippen molar-refractivity contribution in [3.63, 3.8) is 0 Å². The number of carbonyl (C=O) groups is 1. The van der Waals surface area contributed by atoms with E-state index in [1.54, 1.807) is 13.8 Å². The molecule has 13 heteroatoms. The lowest BCUT2D eigenvalue weighted by atomic mass is 9.90. The summed E-state index contributed by atoms with van der Waals surface area (Å²) in [5, 5.41) is 9.50. The number of rotatable bonds is 6. The number of fused-ring (bicyclic) bond motifs is 1. The average molecular weight is 546 g/mol. The van der Waals surface area contributed by atoms with Gasteiger partial charge in [-0.25, -0.2) is 9.78 Å². The number of hydrogen-bond acceptors (Lipinski definition) is 9. The first-order valence-corrected chi connectivity index (χ1v) is 13.0. The first-order chi connectivity index (χ1) is 17.7. The van der Waals surface area contributed by atoms with Crippen LogP contribution in [0, 0.1) is 0 Å². The molecule has 0 bridgehead atoms. The van der Waals surface area contributed by atoms with Crippen LogP contribution in [0.15, 0.2) is 12.4 Å². The van der Waals surface area contributed by atoms with Gasteiger partial charge in [0, 0.05) is 18.6 Å². The minimum absolute atomic E-state index is 0.00573. The molecule has 0 spiro atoms. The molecule has 2 saturated heterocycles. The molecule has 3 heterocycles. The molecular weight excluding hydrogens is 507 g/mol. The highest BCUT2D eigenvalue weighted by atomic mass is 19.4. The zero-order chi connectivity index (χ0) is 27.7. The maximum absolute atomic E-state index is 13.1. The summed E-state index contributed by atoms with van der Waals surface area (Å²) >= 11 is 0. The Hall–Kier alpha value is -2.22. The van der Waals surface area contributed by atoms with Crippen LogP contribution in [0.1, 0.15) is 66.0 Å². The molecule has 4 atom stereocenters. The van der Waals surface area contributed by atoms with Crippen LogP contribution >= 0.6 is 0 Å². The molecule has 2 aliphatic heterocycles. The lowest BCUT2D eigenvalue weighted by Crippen LogP contribution is -2.57. The van der Waals surface area contributed by atoms with E-state index in [-0.39, 0.29) is 30.6 Å². The summed E-state index contributed by atoms with van der Waals surface area (Å²) in [5.74, 6) is -0.875. The number of ether oxygens (including phenoxy) is 4. The molecule has 38 heavy (non-hydrogen) atoms. The lowest BCUT2D eigenvalue weighted by molar-refractivity contribution is -0.153. The minimum Gasteiger partial charge on any atom is -0.444 e. The second kappa shape index (κ2) is 11.1. The minimum atomic E-state index is -4.59. The molecule has 3 N–H and O–H groups in total. The Morgan fingerprint density at radius 3 is 2.39 bits per heavy atom. The summed E-state index contributed by atoms with van der Waals surface area (Å²) in [6, 6.07) is -0.123. The second-order valence-corrected chi connectivity index (χ2v) is 11.6. The largest absolute Gasteiger partial charge is 0.444 e. The quantitative estimate of drug-likeness (QED) is 0.493. The molecular formula is C25H38F3N5O5. The summed E-state index contributed by atoms with van der Waals surface area (Å²) in [5.41, 5.74) is -1.60. The van der Waals surface area contributed by atoms with Crippen molar-refractivity contribution in [1.82, 2.24) is 20.6 Å². The van der Waals surface area contributed by atoms with E-state index >= 15 is 0 Å². The number of hydrogen-bond donors (Lipinski definition) is 3. The number of aromatic nitrogens is 2. The zero-order valence-corrected chi connectivity index (χ0v) is 22.4. The normalized spacial score (nSPS) is 31.4. The predicted octanol–water partition coefficient (Wildman–Crippen LogP) is 3.62. The van der Waals surface area contributed by atoms with Crippen LogP contribution in [0.25, 0.3) is 0 Å². The Labute approximate surface area is 220 Å². The van der Waals surface area contributed by atoms with Crippen molar-refractivity contribution in [1.29, 1.82) is 0 Å². The smallest absolute Gasteiger partial charge is 0.434 e. The number of nitrogens with one attached hydrogen (secondary N) is 3. The second-order valence-electron chi connectivity index (χ2n) is 11.6. The lowest BCUT2D eigenvalue weighted by Gasteiger charge is -2.38. The van der Waals surface area contributed by atoms with Crippen LogP contribution in [-0.2, 0) is 25.1 Å². The standard InChI is InChI=1S/C25H38F3N5O5/c1-23(2,3)38-22(34)31-15-8-6-14(7-9-15)30-10-17-21-20(36-24(4,5)37-21)16(13-35-17)32-19-12-29-11-18(33-19)25(26,27)28/h11-12,14-17,20-21,30H,6-10,13H2,1-5H3,(H,31,34)(H,32,33)/t14?,15?,16-,17+,20+,21-/m0/s1. The van der Waals surface area contributed by atoms with Gasteiger partial charge in [-0.3, -0.25) is 4.98 Å². The molecule has 1 amide bonds. The van der Waals surface area contributed by atoms with E-state index in [1.807, 2.05) is 20.8 Å². The molecule has 1 aromatic heterocycles. The van der Waals surface area contributed by atoms with Crippen molar-refractivity contribution in [2.45, 2.75) is 114 Å². The van der Waals surface area contributed by atoms with Gasteiger partial charge in [0.05, 0.1) is 31.1 Å². The molecule has 3 aliphatic rings. The van der Waals surface area contributed by atoms with Crippen molar-refractivity contribution in [2.24, 2.45) is 0 Å². The van der Waals surface area contributed by atoms with E-state index in [0.717, 1.165) is 25.7 Å². The summed E-state index contributed by atoms with van der Waals surface area (Å²) in [4.78, 5) is 19.4. The fourth-order valence-corrected chi connectivity index (χ4v) is 5.09. The average Bonchev–Trinajstić information content (AvgIpc) is 3.13. The first kappa shape index (κ1) is 28.8. The van der Waals surface area contributed by atoms with Crippen molar-refractivity contribution >= 4 is 11.9 Å². The van der Waals surface area contributed by atoms with Gasteiger partial charge in [-0.15, -0.1) is 0 Å². The van der Waals surface area contributed by atoms with Crippen LogP contribution in [-0.4, -0.2) is 77.0 Å². The van der Waals surface area contributed by atoms with Gasteiger partial charge in [-0.1, -0.05) is 0 Å². The molecule has 1 aromatic rings. The third-order valence-electron chi connectivity index (χ3n) is 6.73. The van der Waals surface area contributed by atoms with Gasteiger partial charge < -0.3 is 34.9 Å². The van der Waals surface area contributed by atoms with E-state index in [0.29, 0.717) is 12.7 Å². The van der Waals surface area contributed by atoms with Crippen molar-refractivity contribution < 1.29 is 36.9 Å². The summed E-state index contributed by atoms with van der Waals surface area (Å²) in [7, 11) is 0. The molecule has 3 fully saturated rings. The summed E-state index contributed by atoms with van der Waals surface area (Å²) in [6.45, 7) is 9.85. The van der Waals surface area contributed by atoms with Crippen LogP contribution in [0.3, 0.4) is 0 Å². The third-order valence-corrected chi connectivity index (χ3v) is 6.73. The van der Waals surface area contributed by atoms with Gasteiger partial charge in [0.2, 0.25) is 0 Å². The Morgan fingerprint density at radius 1 is 1.08 bits per heavy atom. The predicted molar refractivity (Wildman–Crippen MR) is 131 cm³/mol. The van der Waals surface area contributed by atoms with Gasteiger partial charge in [0.15, 0.2) is 11.5 Å². The zero-order valence-electron chi connectivity index (χ0n) is 22.4. The number of halogens is 3. The van der Waals surface area contributed by atoms with Crippen molar-refractivity contribution in [3.8, 4) is 0 Å². The van der Waals surface area contributed by atoms with Gasteiger partial charge in [0.25, 0.3) is 0 Å². The highest BCUT2D eigenvalue weighted by Crippen LogP contribution is 2.36. The highest BCUT2D eigenvalue weighted by Gasteiger charge is 2.52. The Kier molecular flexibility index (Phi) is 8.41. The summed E-state index contributed by atoms with van der Waals surface area (Å²) < 4.78 is 62.9. The molecule has 1 saturated carbocycles. The number of nitrogens with zero attached hydrogens (tertiary/aromatic N) is 2. The van der Waals surface area contributed by atoms with Crippen LogP contribution in [0.2, 0.25) is 0 Å². The van der Waals surface area contributed by atoms with E-state index in [2.05, 4.69) is 25.9 Å². The first-order valence-electron chi connectivity index (χ1n) is 13.0. The Balaban J connectivity index is 1.29. The van der Waals surface area contributed by atoms with E-state index in [9.17, 15) is 18.0 Å². The Morgan fingerprint density at radius 2 is 1.74 bits per heavy atom. The number of carbonyl (C=O) groups excluding carboxylic acids is 1. The van der Waals surface area contributed by atoms with Gasteiger partial charge in [-0.2, -0.15) is 13.2 Å². The fourth-order valence-electron chi connectivity index (χ4n) is 5.09. The fraction of sp³-hybridized carbons (Fsp3) is 0.800. The van der Waals surface area contributed by atoms with Crippen LogP contribution < -0.4 is 16.0 Å². The third kappa shape index (κ3) is 7.67. The maximum atomic E-state index is 13.1. The number of anilines is 1. The molecule has 1 aliphatic carbocycles. The van der Waals surface area contributed by atoms with Crippen molar-refractivity contribution in [3.05, 3.63) is 18.1 Å². The SMILES string of the molecule is CC(C)(C)OC(=O)NC1CCC(NC[C@H]2OC[C@H](Nc3cncc(C(F)(F)F)n3)[C@H]3OC(C)(C)O[C@H]32)CC1. The van der Waals surface area contributed by atoms with Gasteiger partial charge in [0.1, 0.15) is 23.6 Å². The molecule has 0 aromatic carbocycles. The Bertz CT molecular complexity index is 965.